The number of hydrogen-bond donors (Lipinski definition) is 2. The summed E-state index contributed by atoms with van der Waals surface area (Å²) >= 11 is 1.14. The van der Waals surface area contributed by atoms with Gasteiger partial charge in [-0.15, -0.1) is 11.3 Å². The number of benzene rings is 2. The molecular formula is C35H32F4N6O3S. The van der Waals surface area contributed by atoms with Gasteiger partial charge in [0.2, 0.25) is 0 Å². The summed E-state index contributed by atoms with van der Waals surface area (Å²) in [6.07, 6.45) is -1.02. The summed E-state index contributed by atoms with van der Waals surface area (Å²) in [7, 11) is 0. The molecule has 7 rings (SSSR count). The highest BCUT2D eigenvalue weighted by atomic mass is 32.1. The maximum Gasteiger partial charge on any atom is 0.416 e. The van der Waals surface area contributed by atoms with Crippen LogP contribution in [0.3, 0.4) is 0 Å². The van der Waals surface area contributed by atoms with Crippen molar-refractivity contribution in [3.8, 4) is 11.8 Å². The predicted molar refractivity (Wildman–Crippen MR) is 173 cm³/mol. The number of halogens is 4. The molecule has 0 radical (unpaired) electrons. The zero-order valence-electron chi connectivity index (χ0n) is 26.2. The lowest BCUT2D eigenvalue weighted by atomic mass is 9.99. The van der Waals surface area contributed by atoms with Crippen molar-refractivity contribution in [3.05, 3.63) is 99.1 Å². The third-order valence-corrected chi connectivity index (χ3v) is 9.83. The number of anilines is 1. The first kappa shape index (κ1) is 32.9. The number of thiazole rings is 1. The second kappa shape index (κ2) is 13.4. The first-order valence-corrected chi connectivity index (χ1v) is 16.9. The molecule has 1 saturated heterocycles. The minimum atomic E-state index is -4.81. The van der Waals surface area contributed by atoms with E-state index in [4.69, 9.17) is 0 Å². The number of alkyl halides is 4. The Morgan fingerprint density at radius 1 is 1.10 bits per heavy atom. The van der Waals surface area contributed by atoms with Crippen molar-refractivity contribution in [2.45, 2.75) is 69.8 Å². The number of aliphatic hydroxyl groups is 1. The van der Waals surface area contributed by atoms with Gasteiger partial charge >= 0.3 is 6.18 Å². The third-order valence-electron chi connectivity index (χ3n) is 9.15. The Kier molecular flexibility index (Phi) is 8.99. The van der Waals surface area contributed by atoms with E-state index in [9.17, 15) is 32.3 Å². The first-order chi connectivity index (χ1) is 23.5. The van der Waals surface area contributed by atoms with Crippen molar-refractivity contribution < 1.29 is 32.3 Å². The van der Waals surface area contributed by atoms with E-state index in [2.05, 4.69) is 32.0 Å². The molecule has 49 heavy (non-hydrogen) atoms. The van der Waals surface area contributed by atoms with Crippen LogP contribution in [-0.4, -0.2) is 66.6 Å². The fourth-order valence-corrected chi connectivity index (χ4v) is 7.28. The normalized spacial score (nSPS) is 19.9. The Morgan fingerprint density at radius 3 is 2.65 bits per heavy atom. The van der Waals surface area contributed by atoms with E-state index in [-0.39, 0.29) is 46.6 Å². The highest BCUT2D eigenvalue weighted by Gasteiger charge is 2.45. The molecule has 5 heterocycles. The predicted octanol–water partition coefficient (Wildman–Crippen LogP) is 5.34. The molecule has 2 amide bonds. The lowest BCUT2D eigenvalue weighted by molar-refractivity contribution is -0.138. The monoisotopic (exact) mass is 692 g/mol. The van der Waals surface area contributed by atoms with Crippen molar-refractivity contribution in [2.75, 3.05) is 18.4 Å². The van der Waals surface area contributed by atoms with E-state index in [1.165, 1.54) is 18.6 Å². The van der Waals surface area contributed by atoms with Crippen LogP contribution < -0.4 is 5.32 Å². The molecule has 2 unspecified atom stereocenters. The maximum atomic E-state index is 14.5. The fraction of sp³-hybridized carbons (Fsp3) is 0.371. The summed E-state index contributed by atoms with van der Waals surface area (Å²) in [5.41, 5.74) is 0.693. The number of nitrogens with one attached hydrogen (secondary N) is 1. The molecule has 254 valence electrons. The Morgan fingerprint density at radius 2 is 1.90 bits per heavy atom. The molecule has 2 N–H and O–H groups in total. The van der Waals surface area contributed by atoms with Crippen LogP contribution in [0.4, 0.5) is 22.7 Å². The summed E-state index contributed by atoms with van der Waals surface area (Å²) in [5, 5.41) is 14.4. The van der Waals surface area contributed by atoms with Gasteiger partial charge in [-0.05, 0) is 61.2 Å². The molecular weight excluding hydrogens is 660 g/mol. The smallest absolute Gasteiger partial charge is 0.393 e. The van der Waals surface area contributed by atoms with Gasteiger partial charge in [-0.1, -0.05) is 24.0 Å². The summed E-state index contributed by atoms with van der Waals surface area (Å²) in [4.78, 5) is 39.4. The topological polar surface area (TPSA) is 104 Å². The highest BCUT2D eigenvalue weighted by Crippen LogP contribution is 2.41. The van der Waals surface area contributed by atoms with E-state index in [0.29, 0.717) is 11.3 Å². The molecule has 3 aliphatic heterocycles. The van der Waals surface area contributed by atoms with Crippen LogP contribution in [0.5, 0.6) is 0 Å². The molecule has 0 spiro atoms. The molecule has 9 nitrogen and oxygen atoms in total. The quantitative estimate of drug-likeness (QED) is 0.209. The number of aromatic nitrogens is 3. The molecule has 4 aromatic rings. The number of rotatable bonds is 6. The summed E-state index contributed by atoms with van der Waals surface area (Å²) in [6, 6.07) is 8.27. The van der Waals surface area contributed by atoms with Gasteiger partial charge in [0.1, 0.15) is 6.17 Å². The molecule has 14 heteroatoms. The van der Waals surface area contributed by atoms with Gasteiger partial charge in [-0.25, -0.2) is 14.4 Å². The van der Waals surface area contributed by atoms with Crippen molar-refractivity contribution in [3.63, 3.8) is 0 Å². The van der Waals surface area contributed by atoms with E-state index in [0.717, 1.165) is 66.8 Å². The average Bonchev–Trinajstić information content (AvgIpc) is 3.83. The average molecular weight is 693 g/mol. The van der Waals surface area contributed by atoms with E-state index >= 15 is 0 Å². The number of hydrogen-bond acceptors (Lipinski definition) is 7. The largest absolute Gasteiger partial charge is 0.416 e. The summed E-state index contributed by atoms with van der Waals surface area (Å²) < 4.78 is 59.4. The number of aliphatic hydroxyl groups excluding tert-OH is 1. The van der Waals surface area contributed by atoms with E-state index in [1.807, 2.05) is 12.1 Å². The molecule has 0 saturated carbocycles. The van der Waals surface area contributed by atoms with Crippen LogP contribution in [0.1, 0.15) is 74.9 Å². The summed E-state index contributed by atoms with van der Waals surface area (Å²) in [5.74, 6) is 4.21. The molecule has 2 aromatic heterocycles. The number of imidazole rings is 1. The van der Waals surface area contributed by atoms with Crippen molar-refractivity contribution in [1.29, 1.82) is 0 Å². The Hall–Kier alpha value is -4.58. The van der Waals surface area contributed by atoms with Crippen LogP contribution in [0, 0.1) is 11.8 Å². The van der Waals surface area contributed by atoms with Crippen LogP contribution in [0.15, 0.2) is 54.3 Å². The number of carbonyl (C=O) groups excluding carboxylic acids is 2. The zero-order valence-corrected chi connectivity index (χ0v) is 27.0. The molecule has 0 bridgehead atoms. The Bertz CT molecular complexity index is 1930. The first-order valence-electron chi connectivity index (χ1n) is 16.0. The highest BCUT2D eigenvalue weighted by molar-refractivity contribution is 7.13. The number of nitrogens with zero attached hydrogens (tertiary/aromatic N) is 5. The van der Waals surface area contributed by atoms with Crippen LogP contribution in [0.2, 0.25) is 0 Å². The number of fused-ring (bicyclic) bond motifs is 2. The zero-order chi connectivity index (χ0) is 34.3. The van der Waals surface area contributed by atoms with E-state index < -0.39 is 42.3 Å². The minimum absolute atomic E-state index is 0.000387. The second-order valence-electron chi connectivity index (χ2n) is 12.5. The van der Waals surface area contributed by atoms with Gasteiger partial charge in [-0.2, -0.15) is 13.2 Å². The summed E-state index contributed by atoms with van der Waals surface area (Å²) in [6.45, 7) is 1.95. The van der Waals surface area contributed by atoms with Gasteiger partial charge in [0.05, 0.1) is 30.2 Å². The van der Waals surface area contributed by atoms with Crippen LogP contribution in [-0.2, 0) is 37.0 Å². The minimum Gasteiger partial charge on any atom is -0.393 e. The molecule has 2 aromatic carbocycles. The van der Waals surface area contributed by atoms with Gasteiger partial charge < -0.3 is 14.6 Å². The Balaban J connectivity index is 1.17. The fourth-order valence-electron chi connectivity index (χ4n) is 6.75. The standard InChI is InChI=1S/C35H32F4N6O3S/c36-24-16-29-30(41-20-44(29)18-24)31(32(47)42-34-40-10-13-49-34)45-19-27-26(33(45)48)14-23(15-28(27)35(37,38)39)8-5-21-3-6-22(7-4-21)17-43-11-1-2-25(46)9-12-43/h3-4,6-7,10,13-15,20,24-25,31,46H,1-2,9,11-12,16-19H2,(H,40,42,47)/t24-,25?,31?/m1/s1. The van der Waals surface area contributed by atoms with E-state index in [1.54, 1.807) is 22.1 Å². The van der Waals surface area contributed by atoms with Crippen LogP contribution in [0.25, 0.3) is 0 Å². The Labute approximate surface area is 283 Å². The molecule has 3 atom stereocenters. The second-order valence-corrected chi connectivity index (χ2v) is 13.4. The lowest BCUT2D eigenvalue weighted by Crippen LogP contribution is -2.38. The third kappa shape index (κ3) is 6.96. The van der Waals surface area contributed by atoms with Crippen molar-refractivity contribution >= 4 is 28.3 Å². The maximum absolute atomic E-state index is 14.5. The molecule has 3 aliphatic rings. The molecule has 0 aliphatic carbocycles. The lowest BCUT2D eigenvalue weighted by Gasteiger charge is -2.26. The van der Waals surface area contributed by atoms with Gasteiger partial charge in [0, 0.05) is 60.0 Å². The van der Waals surface area contributed by atoms with Gasteiger partial charge in [0.25, 0.3) is 11.8 Å². The number of amides is 2. The molecule has 1 fully saturated rings. The SMILES string of the molecule is O=C(Nc1nccs1)C(c1ncn2c1C[C@@H](F)C2)N1Cc2c(cc(C#Cc3ccc(CN4CCCC(O)CC4)cc3)cc2C(F)(F)F)C1=O. The van der Waals surface area contributed by atoms with Crippen LogP contribution >= 0.6 is 11.3 Å². The number of carbonyl (C=O) groups is 2. The van der Waals surface area contributed by atoms with Crippen molar-refractivity contribution in [1.82, 2.24) is 24.3 Å². The number of likely N-dealkylation sites (tertiary alicyclic amines) is 1. The van der Waals surface area contributed by atoms with Gasteiger partial charge in [0.15, 0.2) is 11.2 Å². The van der Waals surface area contributed by atoms with Gasteiger partial charge in [-0.3, -0.25) is 19.8 Å². The van der Waals surface area contributed by atoms with Crippen molar-refractivity contribution in [2.24, 2.45) is 0 Å².